The van der Waals surface area contributed by atoms with Gasteiger partial charge in [-0.25, -0.2) is 5.84 Å². The molecular weight excluding hydrogens is 253 g/mol. The molecule has 1 aromatic heterocycles. The first kappa shape index (κ1) is 14.2. The Balaban J connectivity index is 2.77. The number of nitrogens with one attached hydrogen (secondary N) is 2. The molecule has 0 aliphatic heterocycles. The Kier molecular flexibility index (Phi) is 4.48. The van der Waals surface area contributed by atoms with Gasteiger partial charge in [0.2, 0.25) is 11.9 Å². The predicted octanol–water partition coefficient (Wildman–Crippen LogP) is 0.919. The maximum absolute atomic E-state index is 12.1. The number of nitrogens with two attached hydrogens (primary N) is 1. The molecule has 0 bridgehead atoms. The van der Waals surface area contributed by atoms with Crippen LogP contribution >= 0.6 is 0 Å². The molecule has 0 saturated heterocycles. The van der Waals surface area contributed by atoms with Crippen molar-refractivity contribution in [2.24, 2.45) is 5.84 Å². The molecule has 1 atom stereocenters. The number of nitrogens with zero attached hydrogens (tertiary/aromatic N) is 3. The normalized spacial score (nSPS) is 13.0. The topological polar surface area (TPSA) is 98.0 Å². The fourth-order valence-corrected chi connectivity index (χ4v) is 1.20. The molecule has 1 rings (SSSR count). The SMILES string of the molecule is COc1nc(NN)nc(NC(C)CC(F)(F)F)n1. The molecule has 102 valence electrons. The maximum Gasteiger partial charge on any atom is 0.391 e. The lowest BCUT2D eigenvalue weighted by Gasteiger charge is -2.16. The van der Waals surface area contributed by atoms with E-state index in [0.717, 1.165) is 0 Å². The minimum Gasteiger partial charge on any atom is -0.467 e. The van der Waals surface area contributed by atoms with Crippen molar-refractivity contribution < 1.29 is 17.9 Å². The second-order valence-electron chi connectivity index (χ2n) is 3.48. The molecule has 0 aliphatic rings. The Morgan fingerprint density at radius 3 is 2.39 bits per heavy atom. The lowest BCUT2D eigenvalue weighted by Crippen LogP contribution is -2.25. The lowest BCUT2D eigenvalue weighted by atomic mass is 10.2. The van der Waals surface area contributed by atoms with E-state index in [9.17, 15) is 13.2 Å². The Hall–Kier alpha value is -1.84. The lowest BCUT2D eigenvalue weighted by molar-refractivity contribution is -0.136. The van der Waals surface area contributed by atoms with Crippen LogP contribution in [0.3, 0.4) is 0 Å². The first-order valence-electron chi connectivity index (χ1n) is 4.94. The van der Waals surface area contributed by atoms with Crippen molar-refractivity contribution in [3.8, 4) is 6.01 Å². The van der Waals surface area contributed by atoms with Gasteiger partial charge in [-0.3, -0.25) is 5.43 Å². The highest BCUT2D eigenvalue weighted by Gasteiger charge is 2.30. The van der Waals surface area contributed by atoms with Crippen LogP contribution in [-0.4, -0.2) is 34.3 Å². The van der Waals surface area contributed by atoms with Crippen LogP contribution < -0.4 is 21.3 Å². The third-order valence-electron chi connectivity index (χ3n) is 1.84. The van der Waals surface area contributed by atoms with Gasteiger partial charge in [-0.05, 0) is 6.92 Å². The van der Waals surface area contributed by atoms with Gasteiger partial charge in [0, 0.05) is 6.04 Å². The first-order chi connectivity index (χ1) is 8.34. The monoisotopic (exact) mass is 266 g/mol. The number of aromatic nitrogens is 3. The number of halogens is 3. The number of hydrogen-bond donors (Lipinski definition) is 3. The number of alkyl halides is 3. The van der Waals surface area contributed by atoms with Crippen molar-refractivity contribution in [3.63, 3.8) is 0 Å². The van der Waals surface area contributed by atoms with Crippen LogP contribution in [0, 0.1) is 0 Å². The summed E-state index contributed by atoms with van der Waals surface area (Å²) in [5, 5.41) is 2.49. The maximum atomic E-state index is 12.1. The van der Waals surface area contributed by atoms with E-state index < -0.39 is 18.6 Å². The van der Waals surface area contributed by atoms with Gasteiger partial charge in [-0.15, -0.1) is 0 Å². The van der Waals surface area contributed by atoms with Crippen molar-refractivity contribution >= 4 is 11.9 Å². The summed E-state index contributed by atoms with van der Waals surface area (Å²) in [5.74, 6) is 5.05. The molecule has 0 saturated carbocycles. The molecular formula is C8H13F3N6O. The summed E-state index contributed by atoms with van der Waals surface area (Å²) in [7, 11) is 1.32. The van der Waals surface area contributed by atoms with Crippen molar-refractivity contribution in [1.82, 2.24) is 15.0 Å². The van der Waals surface area contributed by atoms with E-state index in [1.807, 2.05) is 0 Å². The third kappa shape index (κ3) is 4.57. The van der Waals surface area contributed by atoms with Crippen LogP contribution in [0.15, 0.2) is 0 Å². The van der Waals surface area contributed by atoms with E-state index in [0.29, 0.717) is 0 Å². The Morgan fingerprint density at radius 2 is 1.89 bits per heavy atom. The minimum atomic E-state index is -4.27. The van der Waals surface area contributed by atoms with E-state index in [2.05, 4.69) is 25.7 Å². The first-order valence-corrected chi connectivity index (χ1v) is 4.94. The zero-order valence-electron chi connectivity index (χ0n) is 9.75. The highest BCUT2D eigenvalue weighted by Crippen LogP contribution is 2.22. The largest absolute Gasteiger partial charge is 0.467 e. The Morgan fingerprint density at radius 1 is 1.28 bits per heavy atom. The van der Waals surface area contributed by atoms with Crippen molar-refractivity contribution in [2.45, 2.75) is 25.6 Å². The molecule has 7 nitrogen and oxygen atoms in total. The summed E-state index contributed by atoms with van der Waals surface area (Å²) < 4.78 is 41.2. The minimum absolute atomic E-state index is 0.0106. The van der Waals surface area contributed by atoms with Gasteiger partial charge >= 0.3 is 12.2 Å². The molecule has 1 heterocycles. The van der Waals surface area contributed by atoms with Crippen molar-refractivity contribution in [1.29, 1.82) is 0 Å². The number of ether oxygens (including phenoxy) is 1. The predicted molar refractivity (Wildman–Crippen MR) is 57.9 cm³/mol. The quantitative estimate of drug-likeness (QED) is 0.538. The smallest absolute Gasteiger partial charge is 0.391 e. The average molecular weight is 266 g/mol. The second kappa shape index (κ2) is 5.67. The summed E-state index contributed by atoms with van der Waals surface area (Å²) in [4.78, 5) is 11.2. The highest BCUT2D eigenvalue weighted by atomic mass is 19.4. The van der Waals surface area contributed by atoms with Gasteiger partial charge in [0.1, 0.15) is 0 Å². The fraction of sp³-hybridized carbons (Fsp3) is 0.625. The summed E-state index contributed by atoms with van der Waals surface area (Å²) >= 11 is 0. The molecule has 0 aromatic carbocycles. The van der Waals surface area contributed by atoms with Crippen LogP contribution in [0.2, 0.25) is 0 Å². The highest BCUT2D eigenvalue weighted by molar-refractivity contribution is 5.35. The number of rotatable bonds is 5. The molecule has 0 amide bonds. The molecule has 0 spiro atoms. The van der Waals surface area contributed by atoms with Crippen molar-refractivity contribution in [3.05, 3.63) is 0 Å². The van der Waals surface area contributed by atoms with E-state index in [1.165, 1.54) is 14.0 Å². The number of hydrogen-bond acceptors (Lipinski definition) is 7. The molecule has 10 heteroatoms. The van der Waals surface area contributed by atoms with E-state index in [1.54, 1.807) is 0 Å². The summed E-state index contributed by atoms with van der Waals surface area (Å²) in [5.41, 5.74) is 2.16. The van der Waals surface area contributed by atoms with Crippen molar-refractivity contribution in [2.75, 3.05) is 17.9 Å². The van der Waals surface area contributed by atoms with Gasteiger partial charge in [0.25, 0.3) is 0 Å². The van der Waals surface area contributed by atoms with Crippen LogP contribution in [0.25, 0.3) is 0 Å². The summed E-state index contributed by atoms with van der Waals surface area (Å²) in [6.07, 6.45) is -5.27. The zero-order chi connectivity index (χ0) is 13.8. The van der Waals surface area contributed by atoms with Gasteiger partial charge < -0.3 is 10.1 Å². The number of nitrogen functional groups attached to an aromatic ring is 1. The van der Waals surface area contributed by atoms with Gasteiger partial charge in [0.15, 0.2) is 0 Å². The van der Waals surface area contributed by atoms with Crippen LogP contribution in [0.1, 0.15) is 13.3 Å². The number of anilines is 2. The zero-order valence-corrected chi connectivity index (χ0v) is 9.75. The van der Waals surface area contributed by atoms with E-state index >= 15 is 0 Å². The molecule has 18 heavy (non-hydrogen) atoms. The standard InChI is InChI=1S/C8H13F3N6O/c1-4(3-8(9,10)11)13-5-14-6(17-12)16-7(15-5)18-2/h4H,3,12H2,1-2H3,(H2,13,14,15,16,17). The van der Waals surface area contributed by atoms with Gasteiger partial charge in [-0.2, -0.15) is 28.1 Å². The third-order valence-corrected chi connectivity index (χ3v) is 1.84. The molecule has 0 aliphatic carbocycles. The van der Waals surface area contributed by atoms with Crippen LogP contribution in [0.4, 0.5) is 25.1 Å². The van der Waals surface area contributed by atoms with E-state index in [-0.39, 0.29) is 17.9 Å². The second-order valence-corrected chi connectivity index (χ2v) is 3.48. The fourth-order valence-electron chi connectivity index (χ4n) is 1.20. The van der Waals surface area contributed by atoms with E-state index in [4.69, 9.17) is 10.6 Å². The van der Waals surface area contributed by atoms with Gasteiger partial charge in [0.05, 0.1) is 13.5 Å². The Bertz CT molecular complexity index is 377. The summed E-state index contributed by atoms with van der Waals surface area (Å²) in [6.45, 7) is 1.36. The molecule has 1 aromatic rings. The van der Waals surface area contributed by atoms with Crippen LogP contribution in [0.5, 0.6) is 6.01 Å². The molecule has 1 unspecified atom stereocenters. The number of hydrazine groups is 1. The van der Waals surface area contributed by atoms with Gasteiger partial charge in [-0.1, -0.05) is 0 Å². The average Bonchev–Trinajstić information content (AvgIpc) is 2.25. The summed E-state index contributed by atoms with van der Waals surface area (Å²) in [6, 6.07) is -0.942. The Labute approximate surface area is 101 Å². The molecule has 0 fully saturated rings. The molecule has 4 N–H and O–H groups in total. The molecule has 0 radical (unpaired) electrons. The van der Waals surface area contributed by atoms with Crippen LogP contribution in [-0.2, 0) is 0 Å². The number of methoxy groups -OCH3 is 1.